The van der Waals surface area contributed by atoms with Crippen LogP contribution in [-0.2, 0) is 36.8 Å². The molecule has 33 heavy (non-hydrogen) atoms. The Balaban J connectivity index is 1.42. The number of carbonyl (C=O) groups is 2. The first-order valence-corrected chi connectivity index (χ1v) is 11.4. The highest BCUT2D eigenvalue weighted by Crippen LogP contribution is 2.42. The SMILES string of the molecule is C[C@H]1O[C@@H]2OC(C)(C)OC2[C@H]1CC(=O)[C@H](Cc1ccccc1)NC(=O)OCc1ccccc1. The minimum Gasteiger partial charge on any atom is -0.445 e. The molecule has 1 amide bonds. The zero-order valence-corrected chi connectivity index (χ0v) is 19.2. The Morgan fingerprint density at radius 2 is 1.64 bits per heavy atom. The van der Waals surface area contributed by atoms with E-state index in [0.29, 0.717) is 6.42 Å². The first kappa shape index (κ1) is 23.4. The molecule has 2 aromatic carbocycles. The summed E-state index contributed by atoms with van der Waals surface area (Å²) >= 11 is 0. The van der Waals surface area contributed by atoms with E-state index in [9.17, 15) is 9.59 Å². The highest BCUT2D eigenvalue weighted by Gasteiger charge is 2.53. The van der Waals surface area contributed by atoms with Crippen LogP contribution in [0.3, 0.4) is 0 Å². The van der Waals surface area contributed by atoms with E-state index < -0.39 is 24.2 Å². The number of rotatable bonds is 8. The summed E-state index contributed by atoms with van der Waals surface area (Å²) in [6.07, 6.45) is -1.03. The van der Waals surface area contributed by atoms with Gasteiger partial charge in [0.1, 0.15) is 12.7 Å². The minimum absolute atomic E-state index is 0.0927. The monoisotopic (exact) mass is 453 g/mol. The maximum atomic E-state index is 13.4. The lowest BCUT2D eigenvalue weighted by Gasteiger charge is -2.25. The minimum atomic E-state index is -0.750. The van der Waals surface area contributed by atoms with E-state index in [1.807, 2.05) is 81.4 Å². The standard InChI is InChI=1S/C26H31NO6/c1-17-20(23-24(31-17)33-26(2,3)32-23)15-22(28)21(14-18-10-6-4-7-11-18)27-25(29)30-16-19-12-8-5-9-13-19/h4-13,17,20-21,23-24H,14-16H2,1-3H3,(H,27,29)/t17-,20+,21+,23?,24-/m1/s1. The van der Waals surface area contributed by atoms with E-state index in [2.05, 4.69) is 5.32 Å². The van der Waals surface area contributed by atoms with Gasteiger partial charge in [0.25, 0.3) is 0 Å². The van der Waals surface area contributed by atoms with Crippen LogP contribution in [0.5, 0.6) is 0 Å². The van der Waals surface area contributed by atoms with Gasteiger partial charge in [-0.05, 0) is 38.3 Å². The first-order chi connectivity index (χ1) is 15.8. The van der Waals surface area contributed by atoms with Gasteiger partial charge in [0.05, 0.1) is 12.1 Å². The molecule has 0 aliphatic carbocycles. The first-order valence-electron chi connectivity index (χ1n) is 11.4. The predicted molar refractivity (Wildman–Crippen MR) is 121 cm³/mol. The number of carbonyl (C=O) groups excluding carboxylic acids is 2. The molecule has 0 saturated carbocycles. The van der Waals surface area contributed by atoms with Gasteiger partial charge in [-0.2, -0.15) is 0 Å². The third kappa shape index (κ3) is 5.99. The van der Waals surface area contributed by atoms with Crippen LogP contribution in [0.4, 0.5) is 4.79 Å². The van der Waals surface area contributed by atoms with Crippen LogP contribution in [0.15, 0.2) is 60.7 Å². The van der Waals surface area contributed by atoms with Crippen molar-refractivity contribution in [3.8, 4) is 0 Å². The molecule has 2 aromatic rings. The van der Waals surface area contributed by atoms with Crippen LogP contribution in [0.1, 0.15) is 38.3 Å². The van der Waals surface area contributed by atoms with E-state index >= 15 is 0 Å². The molecule has 5 atom stereocenters. The van der Waals surface area contributed by atoms with Crippen LogP contribution >= 0.6 is 0 Å². The highest BCUT2D eigenvalue weighted by atomic mass is 16.8. The number of hydrogen-bond donors (Lipinski definition) is 1. The van der Waals surface area contributed by atoms with Crippen molar-refractivity contribution in [1.82, 2.24) is 5.32 Å². The van der Waals surface area contributed by atoms with Gasteiger partial charge in [0, 0.05) is 12.3 Å². The van der Waals surface area contributed by atoms with Gasteiger partial charge in [-0.25, -0.2) is 4.79 Å². The van der Waals surface area contributed by atoms with E-state index in [4.69, 9.17) is 18.9 Å². The van der Waals surface area contributed by atoms with Gasteiger partial charge in [-0.15, -0.1) is 0 Å². The Labute approximate surface area is 194 Å². The number of amides is 1. The number of ether oxygens (including phenoxy) is 4. The largest absolute Gasteiger partial charge is 0.445 e. The van der Waals surface area contributed by atoms with E-state index in [-0.39, 0.29) is 36.9 Å². The average Bonchev–Trinajstić information content (AvgIpc) is 3.24. The number of alkyl carbamates (subject to hydrolysis) is 1. The molecule has 1 unspecified atom stereocenters. The maximum Gasteiger partial charge on any atom is 0.408 e. The molecular weight excluding hydrogens is 422 g/mol. The quantitative estimate of drug-likeness (QED) is 0.651. The molecule has 4 rings (SSSR count). The Bertz CT molecular complexity index is 948. The Morgan fingerprint density at radius 1 is 1.00 bits per heavy atom. The molecule has 0 aromatic heterocycles. The highest BCUT2D eigenvalue weighted by molar-refractivity contribution is 5.88. The van der Waals surface area contributed by atoms with Crippen molar-refractivity contribution in [1.29, 1.82) is 0 Å². The number of nitrogens with one attached hydrogen (secondary N) is 1. The normalized spacial score (nSPS) is 26.4. The van der Waals surface area contributed by atoms with Gasteiger partial charge in [0.2, 0.25) is 0 Å². The van der Waals surface area contributed by atoms with E-state index in [1.165, 1.54) is 0 Å². The summed E-state index contributed by atoms with van der Waals surface area (Å²) < 4.78 is 23.1. The van der Waals surface area contributed by atoms with Gasteiger partial charge < -0.3 is 24.3 Å². The van der Waals surface area contributed by atoms with Crippen LogP contribution < -0.4 is 5.32 Å². The number of benzene rings is 2. The number of fused-ring (bicyclic) bond motifs is 1. The zero-order chi connectivity index (χ0) is 23.4. The fourth-order valence-electron chi connectivity index (χ4n) is 4.39. The molecule has 2 heterocycles. The summed E-state index contributed by atoms with van der Waals surface area (Å²) in [5, 5.41) is 2.78. The summed E-state index contributed by atoms with van der Waals surface area (Å²) in [6.45, 7) is 5.72. The van der Waals surface area contributed by atoms with Crippen LogP contribution in [-0.4, -0.2) is 42.2 Å². The van der Waals surface area contributed by atoms with Crippen molar-refractivity contribution in [3.63, 3.8) is 0 Å². The molecule has 0 bridgehead atoms. The van der Waals surface area contributed by atoms with Crippen molar-refractivity contribution in [2.75, 3.05) is 0 Å². The van der Waals surface area contributed by atoms with Crippen molar-refractivity contribution < 1.29 is 28.5 Å². The molecule has 2 aliphatic rings. The summed E-state index contributed by atoms with van der Waals surface area (Å²) in [6, 6.07) is 18.3. The molecule has 7 nitrogen and oxygen atoms in total. The van der Waals surface area contributed by atoms with Gasteiger partial charge in [-0.3, -0.25) is 4.79 Å². The molecule has 7 heteroatoms. The van der Waals surface area contributed by atoms with Crippen LogP contribution in [0.2, 0.25) is 0 Å². The lowest BCUT2D eigenvalue weighted by molar-refractivity contribution is -0.208. The molecule has 176 valence electrons. The summed E-state index contributed by atoms with van der Waals surface area (Å²) in [5.41, 5.74) is 1.83. The van der Waals surface area contributed by atoms with Crippen LogP contribution in [0.25, 0.3) is 0 Å². The maximum absolute atomic E-state index is 13.4. The second kappa shape index (κ2) is 10.0. The third-order valence-corrected chi connectivity index (χ3v) is 6.07. The fraction of sp³-hybridized carbons (Fsp3) is 0.462. The molecule has 1 N–H and O–H groups in total. The average molecular weight is 454 g/mol. The molecule has 2 saturated heterocycles. The van der Waals surface area contributed by atoms with Crippen molar-refractivity contribution in [2.45, 2.75) is 70.5 Å². The van der Waals surface area contributed by atoms with Crippen LogP contribution in [0, 0.1) is 5.92 Å². The molecule has 2 fully saturated rings. The lowest BCUT2D eigenvalue weighted by Crippen LogP contribution is -2.44. The Morgan fingerprint density at radius 3 is 2.30 bits per heavy atom. The second-order valence-electron chi connectivity index (χ2n) is 9.09. The summed E-state index contributed by atoms with van der Waals surface area (Å²) in [4.78, 5) is 25.9. The zero-order valence-electron chi connectivity index (χ0n) is 19.2. The lowest BCUT2D eigenvalue weighted by atomic mass is 9.89. The van der Waals surface area contributed by atoms with Crippen molar-refractivity contribution >= 4 is 11.9 Å². The predicted octanol–water partition coefficient (Wildman–Crippen LogP) is 4.00. The summed E-state index contributed by atoms with van der Waals surface area (Å²) in [5.74, 6) is -1.01. The smallest absolute Gasteiger partial charge is 0.408 e. The molecule has 2 aliphatic heterocycles. The molecule has 0 spiro atoms. The third-order valence-electron chi connectivity index (χ3n) is 6.07. The van der Waals surface area contributed by atoms with Crippen molar-refractivity contribution in [2.24, 2.45) is 5.92 Å². The Hall–Kier alpha value is -2.74. The van der Waals surface area contributed by atoms with E-state index in [0.717, 1.165) is 11.1 Å². The van der Waals surface area contributed by atoms with Gasteiger partial charge in [-0.1, -0.05) is 60.7 Å². The summed E-state index contributed by atoms with van der Waals surface area (Å²) in [7, 11) is 0. The fourth-order valence-corrected chi connectivity index (χ4v) is 4.39. The topological polar surface area (TPSA) is 83.1 Å². The number of hydrogen-bond acceptors (Lipinski definition) is 6. The second-order valence-corrected chi connectivity index (χ2v) is 9.09. The van der Waals surface area contributed by atoms with Gasteiger partial charge in [0.15, 0.2) is 17.9 Å². The molecular formula is C26H31NO6. The number of Topliss-reactive ketones (excluding diaryl/α,β-unsaturated/α-hetero) is 1. The Kier molecular flexibility index (Phi) is 7.12. The number of ketones is 1. The van der Waals surface area contributed by atoms with E-state index in [1.54, 1.807) is 0 Å². The molecule has 0 radical (unpaired) electrons. The van der Waals surface area contributed by atoms with Gasteiger partial charge >= 0.3 is 6.09 Å². The van der Waals surface area contributed by atoms with Crippen molar-refractivity contribution in [3.05, 3.63) is 71.8 Å².